The van der Waals surface area contributed by atoms with Crippen molar-refractivity contribution >= 4 is 17.5 Å². The van der Waals surface area contributed by atoms with Gasteiger partial charge in [-0.1, -0.05) is 6.07 Å². The van der Waals surface area contributed by atoms with Crippen LogP contribution in [-0.4, -0.2) is 24.1 Å². The lowest BCUT2D eigenvalue weighted by Crippen LogP contribution is -2.48. The van der Waals surface area contributed by atoms with Gasteiger partial charge in [-0.05, 0) is 38.5 Å². The Morgan fingerprint density at radius 2 is 1.87 bits per heavy atom. The molecule has 7 heteroatoms. The van der Waals surface area contributed by atoms with Gasteiger partial charge in [0.25, 0.3) is 0 Å². The molecule has 0 bridgehead atoms. The lowest BCUT2D eigenvalue weighted by atomic mass is 9.66. The van der Waals surface area contributed by atoms with Gasteiger partial charge in [-0.3, -0.25) is 14.4 Å². The lowest BCUT2D eigenvalue weighted by molar-refractivity contribution is -0.150. The van der Waals surface area contributed by atoms with Crippen LogP contribution in [0.25, 0.3) is 0 Å². The van der Waals surface area contributed by atoms with Gasteiger partial charge < -0.3 is 4.74 Å². The van der Waals surface area contributed by atoms with Crippen molar-refractivity contribution in [2.45, 2.75) is 32.4 Å². The number of ketones is 2. The van der Waals surface area contributed by atoms with E-state index in [1.165, 1.54) is 20.8 Å². The molecule has 0 spiro atoms. The van der Waals surface area contributed by atoms with E-state index in [0.29, 0.717) is 6.07 Å². The van der Waals surface area contributed by atoms with E-state index in [1.54, 1.807) is 0 Å². The van der Waals surface area contributed by atoms with Crippen LogP contribution < -0.4 is 0 Å². The van der Waals surface area contributed by atoms with Crippen molar-refractivity contribution in [2.24, 2.45) is 5.92 Å². The second-order valence-corrected chi connectivity index (χ2v) is 5.80. The number of carbonyl (C=O) groups is 3. The molecule has 1 aliphatic rings. The van der Waals surface area contributed by atoms with Crippen molar-refractivity contribution in [2.75, 3.05) is 6.61 Å². The van der Waals surface area contributed by atoms with Gasteiger partial charge >= 0.3 is 12.1 Å². The van der Waals surface area contributed by atoms with Crippen LogP contribution in [0.1, 0.15) is 42.3 Å². The minimum Gasteiger partial charge on any atom is -0.465 e. The van der Waals surface area contributed by atoms with E-state index in [4.69, 9.17) is 4.74 Å². The topological polar surface area (TPSA) is 60.4 Å². The summed E-state index contributed by atoms with van der Waals surface area (Å²) in [4.78, 5) is 36.8. The number of halogens is 3. The predicted octanol–water partition coefficient (Wildman–Crippen LogP) is 2.93. The number of esters is 1. The molecule has 1 aromatic carbocycles. The van der Waals surface area contributed by atoms with Crippen LogP contribution in [0.4, 0.5) is 13.2 Å². The zero-order valence-electron chi connectivity index (χ0n) is 12.8. The van der Waals surface area contributed by atoms with Crippen LogP contribution in [-0.2, 0) is 25.9 Å². The molecular weight excluding hydrogens is 313 g/mol. The highest BCUT2D eigenvalue weighted by Gasteiger charge is 2.50. The van der Waals surface area contributed by atoms with Gasteiger partial charge in [0.05, 0.1) is 17.6 Å². The first-order chi connectivity index (χ1) is 10.5. The number of rotatable bonds is 2. The fourth-order valence-corrected chi connectivity index (χ4v) is 2.68. The Hall–Kier alpha value is -2.18. The Morgan fingerprint density at radius 1 is 1.26 bits per heavy atom. The average molecular weight is 328 g/mol. The van der Waals surface area contributed by atoms with E-state index >= 15 is 0 Å². The molecular formula is C16H15F3O4. The highest BCUT2D eigenvalue weighted by Crippen LogP contribution is 2.40. The van der Waals surface area contributed by atoms with Gasteiger partial charge in [-0.15, -0.1) is 0 Å². The number of hydrogen-bond acceptors (Lipinski definition) is 4. The molecule has 0 saturated heterocycles. The van der Waals surface area contributed by atoms with E-state index in [0.717, 1.165) is 12.1 Å². The molecule has 23 heavy (non-hydrogen) atoms. The summed E-state index contributed by atoms with van der Waals surface area (Å²) < 4.78 is 43.3. The monoisotopic (exact) mass is 328 g/mol. The van der Waals surface area contributed by atoms with E-state index in [1.807, 2.05) is 0 Å². The summed E-state index contributed by atoms with van der Waals surface area (Å²) in [5.41, 5.74) is -2.34. The van der Waals surface area contributed by atoms with Crippen LogP contribution >= 0.6 is 0 Å². The van der Waals surface area contributed by atoms with E-state index < -0.39 is 40.6 Å². The van der Waals surface area contributed by atoms with Gasteiger partial charge in [-0.25, -0.2) is 0 Å². The second kappa shape index (κ2) is 5.47. The van der Waals surface area contributed by atoms with Crippen molar-refractivity contribution in [3.63, 3.8) is 0 Å². The summed E-state index contributed by atoms with van der Waals surface area (Å²) in [7, 11) is 0. The molecule has 1 aromatic rings. The normalized spacial score (nSPS) is 20.2. The number of alkyl halides is 3. The van der Waals surface area contributed by atoms with Gasteiger partial charge in [0, 0.05) is 5.56 Å². The summed E-state index contributed by atoms with van der Waals surface area (Å²) in [6.07, 6.45) is -4.62. The van der Waals surface area contributed by atoms with Crippen LogP contribution in [0.5, 0.6) is 0 Å². The molecule has 0 radical (unpaired) electrons. The molecule has 2 rings (SSSR count). The summed E-state index contributed by atoms with van der Waals surface area (Å²) in [6, 6.07) is 2.64. The Bertz CT molecular complexity index is 689. The molecule has 0 saturated carbocycles. The molecule has 0 amide bonds. The van der Waals surface area contributed by atoms with Crippen LogP contribution in [0.15, 0.2) is 18.2 Å². The first-order valence-corrected chi connectivity index (χ1v) is 6.98. The number of fused-ring (bicyclic) bond motifs is 1. The second-order valence-electron chi connectivity index (χ2n) is 5.80. The van der Waals surface area contributed by atoms with Gasteiger partial charge in [0.15, 0.2) is 17.5 Å². The summed E-state index contributed by atoms with van der Waals surface area (Å²) in [5, 5.41) is 0. The van der Waals surface area contributed by atoms with Gasteiger partial charge in [0.2, 0.25) is 0 Å². The molecule has 0 aliphatic heterocycles. The summed E-state index contributed by atoms with van der Waals surface area (Å²) in [6.45, 7) is 4.42. The van der Waals surface area contributed by atoms with Gasteiger partial charge in [-0.2, -0.15) is 13.2 Å². The zero-order chi connectivity index (χ0) is 17.6. The van der Waals surface area contributed by atoms with E-state index in [-0.39, 0.29) is 17.7 Å². The molecule has 1 atom stereocenters. The Kier molecular flexibility index (Phi) is 4.09. The van der Waals surface area contributed by atoms with Crippen molar-refractivity contribution in [1.82, 2.24) is 0 Å². The highest BCUT2D eigenvalue weighted by molar-refractivity contribution is 6.27. The van der Waals surface area contributed by atoms with Crippen molar-refractivity contribution in [3.8, 4) is 0 Å². The van der Waals surface area contributed by atoms with Crippen molar-refractivity contribution in [3.05, 3.63) is 34.9 Å². The Morgan fingerprint density at radius 3 is 2.39 bits per heavy atom. The zero-order valence-corrected chi connectivity index (χ0v) is 12.8. The van der Waals surface area contributed by atoms with E-state index in [2.05, 4.69) is 0 Å². The molecule has 0 fully saturated rings. The number of hydrogen-bond donors (Lipinski definition) is 0. The molecule has 124 valence electrons. The molecule has 0 heterocycles. The SMILES string of the molecule is CCOC(=O)C1C(=O)c2cc(C(F)(F)F)ccc2C(C)(C)C1=O. The molecule has 4 nitrogen and oxygen atoms in total. The van der Waals surface area contributed by atoms with Crippen LogP contribution in [0.2, 0.25) is 0 Å². The number of benzene rings is 1. The van der Waals surface area contributed by atoms with Gasteiger partial charge in [0.1, 0.15) is 0 Å². The van der Waals surface area contributed by atoms with Crippen LogP contribution in [0.3, 0.4) is 0 Å². The highest BCUT2D eigenvalue weighted by atomic mass is 19.4. The largest absolute Gasteiger partial charge is 0.465 e. The number of Topliss-reactive ketones (excluding diaryl/α,β-unsaturated/α-hetero) is 2. The fourth-order valence-electron chi connectivity index (χ4n) is 2.68. The van der Waals surface area contributed by atoms with Crippen molar-refractivity contribution in [1.29, 1.82) is 0 Å². The average Bonchev–Trinajstić information content (AvgIpc) is 2.44. The molecule has 0 aromatic heterocycles. The molecule has 1 aliphatic carbocycles. The maximum atomic E-state index is 12.9. The maximum Gasteiger partial charge on any atom is 0.416 e. The smallest absolute Gasteiger partial charge is 0.416 e. The number of carbonyl (C=O) groups excluding carboxylic acids is 3. The Labute approximate surface area is 130 Å². The standard InChI is InChI=1S/C16H15F3O4/c1-4-23-14(22)11-12(20)9-7-8(16(17,18)19)5-6-10(9)15(2,3)13(11)21/h5-7,11H,4H2,1-3H3. The number of ether oxygens (including phenoxy) is 1. The minimum atomic E-state index is -4.62. The predicted molar refractivity (Wildman–Crippen MR) is 73.9 cm³/mol. The molecule has 0 N–H and O–H groups in total. The third kappa shape index (κ3) is 2.75. The third-order valence-electron chi connectivity index (χ3n) is 3.95. The maximum absolute atomic E-state index is 12.9. The van der Waals surface area contributed by atoms with Crippen LogP contribution in [0, 0.1) is 5.92 Å². The minimum absolute atomic E-state index is 0.0359. The first-order valence-electron chi connectivity index (χ1n) is 6.98. The lowest BCUT2D eigenvalue weighted by Gasteiger charge is -2.34. The first kappa shape index (κ1) is 17.2. The summed E-state index contributed by atoms with van der Waals surface area (Å²) >= 11 is 0. The third-order valence-corrected chi connectivity index (χ3v) is 3.95. The van der Waals surface area contributed by atoms with Crippen molar-refractivity contribution < 1.29 is 32.3 Å². The van der Waals surface area contributed by atoms with E-state index in [9.17, 15) is 27.6 Å². The quantitative estimate of drug-likeness (QED) is 0.619. The summed E-state index contributed by atoms with van der Waals surface area (Å²) in [5.74, 6) is -4.37. The fraction of sp³-hybridized carbons (Fsp3) is 0.438. The molecule has 1 unspecified atom stereocenters. The Balaban J connectivity index is 2.63.